The molecule has 0 aliphatic rings. The van der Waals surface area contributed by atoms with Crippen molar-refractivity contribution in [3.63, 3.8) is 0 Å². The number of carbonyl (C=O) groups excluding carboxylic acids is 1. The zero-order chi connectivity index (χ0) is 20.9. The predicted molar refractivity (Wildman–Crippen MR) is 97.6 cm³/mol. The number of hydrogen-bond acceptors (Lipinski definition) is 7. The Morgan fingerprint density at radius 3 is 2.25 bits per heavy atom. The van der Waals surface area contributed by atoms with E-state index in [1.54, 1.807) is 26.4 Å². The summed E-state index contributed by atoms with van der Waals surface area (Å²) in [7, 11) is 3.23. The van der Waals surface area contributed by atoms with E-state index in [9.17, 15) is 4.79 Å². The Morgan fingerprint density at radius 1 is 1.00 bits per heavy atom. The number of carbonyl (C=O) groups is 3. The molecule has 4 N–H and O–H groups in total. The summed E-state index contributed by atoms with van der Waals surface area (Å²) in [5.74, 6) is -2.13. The minimum atomic E-state index is -1.82. The third-order valence-corrected chi connectivity index (χ3v) is 3.32. The average Bonchev–Trinajstić information content (AvgIpc) is 3.22. The highest BCUT2D eigenvalue weighted by Gasteiger charge is 2.09. The Bertz CT molecular complexity index is 762. The topological polar surface area (TPSA) is 147 Å². The second kappa shape index (κ2) is 12.0. The summed E-state index contributed by atoms with van der Waals surface area (Å²) in [6.07, 6.45) is 1.47. The lowest BCUT2D eigenvalue weighted by atomic mass is 10.2. The van der Waals surface area contributed by atoms with Crippen LogP contribution in [0.25, 0.3) is 0 Å². The summed E-state index contributed by atoms with van der Waals surface area (Å²) in [5.41, 5.74) is 0.999. The van der Waals surface area contributed by atoms with E-state index in [1.807, 2.05) is 18.2 Å². The fourth-order valence-electron chi connectivity index (χ4n) is 2.08. The molecule has 0 spiro atoms. The molecule has 28 heavy (non-hydrogen) atoms. The van der Waals surface area contributed by atoms with E-state index in [-0.39, 0.29) is 5.91 Å². The van der Waals surface area contributed by atoms with Gasteiger partial charge in [0.2, 0.25) is 0 Å². The number of ether oxygens (including phenoxy) is 2. The van der Waals surface area contributed by atoms with Crippen molar-refractivity contribution in [3.8, 4) is 11.5 Å². The number of nitrogens with one attached hydrogen (secondary N) is 2. The predicted octanol–water partition coefficient (Wildman–Crippen LogP) is 0.972. The zero-order valence-corrected chi connectivity index (χ0v) is 15.4. The summed E-state index contributed by atoms with van der Waals surface area (Å²) in [6, 6.07) is 9.05. The molecule has 10 nitrogen and oxygen atoms in total. The highest BCUT2D eigenvalue weighted by atomic mass is 16.5. The monoisotopic (exact) mass is 394 g/mol. The first kappa shape index (κ1) is 22.5. The van der Waals surface area contributed by atoms with Gasteiger partial charge in [-0.3, -0.25) is 4.79 Å². The van der Waals surface area contributed by atoms with Gasteiger partial charge in [-0.15, -0.1) is 0 Å². The third-order valence-electron chi connectivity index (χ3n) is 3.32. The molecule has 2 aromatic rings. The van der Waals surface area contributed by atoms with Crippen molar-refractivity contribution in [2.24, 2.45) is 0 Å². The van der Waals surface area contributed by atoms with Gasteiger partial charge in [-0.1, -0.05) is 12.1 Å². The first-order valence-electron chi connectivity index (χ1n) is 8.09. The number of methoxy groups -OCH3 is 2. The van der Waals surface area contributed by atoms with E-state index >= 15 is 0 Å². The second-order valence-electron chi connectivity index (χ2n) is 5.17. The van der Waals surface area contributed by atoms with Gasteiger partial charge < -0.3 is 34.7 Å². The fourth-order valence-corrected chi connectivity index (χ4v) is 2.08. The highest BCUT2D eigenvalue weighted by molar-refractivity contribution is 6.27. The number of carboxylic acid groups (broad SMARTS) is 2. The molecule has 0 radical (unpaired) electrons. The largest absolute Gasteiger partial charge is 0.493 e. The smallest absolute Gasteiger partial charge is 0.414 e. The molecule has 0 aliphatic carbocycles. The number of aliphatic carboxylic acids is 2. The summed E-state index contributed by atoms with van der Waals surface area (Å²) in [4.78, 5) is 29.9. The molecular formula is C18H22N2O8. The van der Waals surface area contributed by atoms with Gasteiger partial charge in [0.05, 0.1) is 20.5 Å². The third kappa shape index (κ3) is 7.38. The Hall–Kier alpha value is -3.53. The first-order valence-corrected chi connectivity index (χ1v) is 8.09. The lowest BCUT2D eigenvalue weighted by Gasteiger charge is -2.13. The van der Waals surface area contributed by atoms with Crippen LogP contribution in [0, 0.1) is 0 Å². The molecule has 2 rings (SSSR count). The molecule has 0 unspecified atom stereocenters. The van der Waals surface area contributed by atoms with Gasteiger partial charge in [0.1, 0.15) is 0 Å². The van der Waals surface area contributed by atoms with Gasteiger partial charge in [-0.25, -0.2) is 9.59 Å². The van der Waals surface area contributed by atoms with Gasteiger partial charge in [0, 0.05) is 25.2 Å². The molecule has 152 valence electrons. The maximum atomic E-state index is 11.7. The standard InChI is InChI=1S/C16H20N2O4.C2H2O4/c1-20-13-6-3-5-12(15(13)21-2)11-17-8-9-18-16(19)14-7-4-10-22-14;3-1(4)2(5)6/h3-7,10,17H,8-9,11H2,1-2H3,(H,18,19);(H,3,4)(H,5,6). The van der Waals surface area contributed by atoms with Gasteiger partial charge in [0.25, 0.3) is 5.91 Å². The van der Waals surface area contributed by atoms with Gasteiger partial charge in [0.15, 0.2) is 17.3 Å². The van der Waals surface area contributed by atoms with E-state index in [1.165, 1.54) is 6.26 Å². The molecular weight excluding hydrogens is 372 g/mol. The molecule has 0 bridgehead atoms. The Labute approximate surface area is 161 Å². The van der Waals surface area contributed by atoms with Crippen LogP contribution in [0.3, 0.4) is 0 Å². The van der Waals surface area contributed by atoms with Crippen molar-refractivity contribution in [2.75, 3.05) is 27.3 Å². The van der Waals surface area contributed by atoms with Crippen LogP contribution in [0.4, 0.5) is 0 Å². The number of amides is 1. The van der Waals surface area contributed by atoms with Crippen LogP contribution >= 0.6 is 0 Å². The number of benzene rings is 1. The van der Waals surface area contributed by atoms with E-state index in [4.69, 9.17) is 33.7 Å². The Kier molecular flexibility index (Phi) is 9.62. The molecule has 0 aliphatic heterocycles. The van der Waals surface area contributed by atoms with E-state index in [0.717, 1.165) is 11.3 Å². The summed E-state index contributed by atoms with van der Waals surface area (Å²) >= 11 is 0. The van der Waals surface area contributed by atoms with Crippen LogP contribution < -0.4 is 20.1 Å². The van der Waals surface area contributed by atoms with E-state index in [0.29, 0.717) is 31.1 Å². The van der Waals surface area contributed by atoms with Crippen LogP contribution in [0.2, 0.25) is 0 Å². The van der Waals surface area contributed by atoms with Gasteiger partial charge in [-0.05, 0) is 18.2 Å². The number of furan rings is 1. The number of carboxylic acids is 2. The summed E-state index contributed by atoms with van der Waals surface area (Å²) < 4.78 is 15.6. The average molecular weight is 394 g/mol. The first-order chi connectivity index (χ1) is 13.4. The fraction of sp³-hybridized carbons (Fsp3) is 0.278. The molecule has 1 aromatic carbocycles. The second-order valence-corrected chi connectivity index (χ2v) is 5.17. The number of rotatable bonds is 8. The highest BCUT2D eigenvalue weighted by Crippen LogP contribution is 2.30. The van der Waals surface area contributed by atoms with Crippen LogP contribution in [0.5, 0.6) is 11.5 Å². The van der Waals surface area contributed by atoms with Gasteiger partial charge in [-0.2, -0.15) is 0 Å². The Morgan fingerprint density at radius 2 is 1.71 bits per heavy atom. The minimum Gasteiger partial charge on any atom is -0.493 e. The van der Waals surface area contributed by atoms with Crippen LogP contribution in [-0.4, -0.2) is 55.4 Å². The summed E-state index contributed by atoms with van der Waals surface area (Å²) in [6.45, 7) is 1.76. The SMILES string of the molecule is COc1cccc(CNCCNC(=O)c2ccco2)c1OC.O=C(O)C(=O)O. The molecule has 0 atom stereocenters. The lowest BCUT2D eigenvalue weighted by molar-refractivity contribution is -0.159. The zero-order valence-electron chi connectivity index (χ0n) is 15.4. The molecule has 1 amide bonds. The van der Waals surface area contributed by atoms with Crippen molar-refractivity contribution in [1.29, 1.82) is 0 Å². The summed E-state index contributed by atoms with van der Waals surface area (Å²) in [5, 5.41) is 20.8. The lowest BCUT2D eigenvalue weighted by Crippen LogP contribution is -2.31. The van der Waals surface area contributed by atoms with Crippen molar-refractivity contribution in [1.82, 2.24) is 10.6 Å². The quantitative estimate of drug-likeness (QED) is 0.380. The van der Waals surface area contributed by atoms with Crippen LogP contribution in [-0.2, 0) is 16.1 Å². The molecule has 10 heteroatoms. The van der Waals surface area contributed by atoms with Crippen LogP contribution in [0.15, 0.2) is 41.0 Å². The van der Waals surface area contributed by atoms with Crippen LogP contribution in [0.1, 0.15) is 16.1 Å². The molecule has 1 heterocycles. The maximum Gasteiger partial charge on any atom is 0.414 e. The number of para-hydroxylation sites is 1. The Balaban J connectivity index is 0.000000568. The van der Waals surface area contributed by atoms with E-state index < -0.39 is 11.9 Å². The van der Waals surface area contributed by atoms with Crippen molar-refractivity contribution < 1.29 is 38.5 Å². The number of hydrogen-bond donors (Lipinski definition) is 4. The van der Waals surface area contributed by atoms with Crippen molar-refractivity contribution in [2.45, 2.75) is 6.54 Å². The van der Waals surface area contributed by atoms with Crippen molar-refractivity contribution >= 4 is 17.8 Å². The molecule has 0 saturated carbocycles. The normalized spacial score (nSPS) is 9.64. The van der Waals surface area contributed by atoms with Crippen molar-refractivity contribution in [3.05, 3.63) is 47.9 Å². The molecule has 0 fully saturated rings. The maximum absolute atomic E-state index is 11.7. The molecule has 1 aromatic heterocycles. The minimum absolute atomic E-state index is 0.217. The van der Waals surface area contributed by atoms with E-state index in [2.05, 4.69) is 10.6 Å². The molecule has 0 saturated heterocycles. The van der Waals surface area contributed by atoms with Gasteiger partial charge >= 0.3 is 11.9 Å².